The van der Waals surface area contributed by atoms with Gasteiger partial charge in [-0.3, -0.25) is 9.69 Å². The molecule has 0 aliphatic carbocycles. The quantitative estimate of drug-likeness (QED) is 0.823. The molecule has 0 amide bonds. The van der Waals surface area contributed by atoms with Gasteiger partial charge in [-0.2, -0.15) is 0 Å². The second-order valence-corrected chi connectivity index (χ2v) is 5.09. The first kappa shape index (κ1) is 15.7. The third-order valence-electron chi connectivity index (χ3n) is 3.78. The summed E-state index contributed by atoms with van der Waals surface area (Å²) in [4.78, 5) is 14.0. The lowest BCUT2D eigenvalue weighted by atomic mass is 10.0. The Kier molecular flexibility index (Phi) is 5.14. The summed E-state index contributed by atoms with van der Waals surface area (Å²) >= 11 is 0. The van der Waals surface area contributed by atoms with Gasteiger partial charge in [-0.25, -0.2) is 4.39 Å². The minimum Gasteiger partial charge on any atom is -0.508 e. The molecule has 0 aromatic heterocycles. The van der Waals surface area contributed by atoms with Crippen molar-refractivity contribution < 1.29 is 19.0 Å². The number of halogens is 1. The van der Waals surface area contributed by atoms with Crippen LogP contribution in [0.4, 0.5) is 4.39 Å². The zero-order chi connectivity index (χ0) is 15.4. The van der Waals surface area contributed by atoms with E-state index in [9.17, 15) is 14.3 Å². The minimum absolute atomic E-state index is 0.106. The summed E-state index contributed by atoms with van der Waals surface area (Å²) in [5, 5.41) is 12.5. The number of phenolic OH excluding ortho intramolecular Hbond substituents is 1. The van der Waals surface area contributed by atoms with Crippen LogP contribution in [0.1, 0.15) is 25.5 Å². The van der Waals surface area contributed by atoms with Crippen molar-refractivity contribution in [2.45, 2.75) is 25.9 Å². The number of piperazine rings is 1. The van der Waals surface area contributed by atoms with E-state index in [1.807, 2.05) is 11.8 Å². The number of rotatable bonds is 4. The van der Waals surface area contributed by atoms with Crippen LogP contribution in [-0.2, 0) is 9.53 Å². The first-order valence-corrected chi connectivity index (χ1v) is 7.16. The lowest BCUT2D eigenvalue weighted by Crippen LogP contribution is -2.56. The molecule has 116 valence electrons. The van der Waals surface area contributed by atoms with E-state index in [0.717, 1.165) is 12.6 Å². The average Bonchev–Trinajstić information content (AvgIpc) is 2.47. The van der Waals surface area contributed by atoms with Crippen LogP contribution < -0.4 is 5.32 Å². The van der Waals surface area contributed by atoms with Crippen molar-refractivity contribution in [3.05, 3.63) is 29.6 Å². The van der Waals surface area contributed by atoms with Crippen molar-refractivity contribution >= 4 is 5.97 Å². The van der Waals surface area contributed by atoms with Gasteiger partial charge >= 0.3 is 5.97 Å². The van der Waals surface area contributed by atoms with Crippen LogP contribution >= 0.6 is 0 Å². The topological polar surface area (TPSA) is 61.8 Å². The fraction of sp³-hybridized carbons (Fsp3) is 0.533. The maximum Gasteiger partial charge on any atom is 0.324 e. The Morgan fingerprint density at radius 3 is 3.05 bits per heavy atom. The molecule has 0 bridgehead atoms. The van der Waals surface area contributed by atoms with Crippen LogP contribution in [0.25, 0.3) is 0 Å². The van der Waals surface area contributed by atoms with E-state index in [1.165, 1.54) is 6.07 Å². The zero-order valence-electron chi connectivity index (χ0n) is 12.3. The van der Waals surface area contributed by atoms with Crippen molar-refractivity contribution in [1.29, 1.82) is 0 Å². The van der Waals surface area contributed by atoms with Crippen LogP contribution in [0.15, 0.2) is 18.2 Å². The predicted octanol–water partition coefficient (Wildman–Crippen LogP) is 1.43. The molecule has 1 heterocycles. The Balaban J connectivity index is 2.21. The Hall–Kier alpha value is -1.66. The van der Waals surface area contributed by atoms with Crippen molar-refractivity contribution in [3.8, 4) is 5.75 Å². The van der Waals surface area contributed by atoms with E-state index in [1.54, 1.807) is 13.0 Å². The monoisotopic (exact) mass is 296 g/mol. The molecule has 2 N–H and O–H groups in total. The molecular formula is C15H21FN2O3. The summed E-state index contributed by atoms with van der Waals surface area (Å²) in [5.41, 5.74) is 0.462. The molecule has 2 atom stereocenters. The van der Waals surface area contributed by atoms with Gasteiger partial charge in [0.15, 0.2) is 0 Å². The van der Waals surface area contributed by atoms with E-state index in [2.05, 4.69) is 5.32 Å². The van der Waals surface area contributed by atoms with Crippen LogP contribution in [0, 0.1) is 5.82 Å². The van der Waals surface area contributed by atoms with Gasteiger partial charge in [-0.05, 0) is 19.9 Å². The van der Waals surface area contributed by atoms with E-state index in [0.29, 0.717) is 25.3 Å². The van der Waals surface area contributed by atoms with Gasteiger partial charge in [0.05, 0.1) is 6.61 Å². The molecule has 21 heavy (non-hydrogen) atoms. The lowest BCUT2D eigenvalue weighted by Gasteiger charge is -2.38. The highest BCUT2D eigenvalue weighted by molar-refractivity contribution is 5.76. The number of carbonyl (C=O) groups excluding carboxylic acids is 1. The second-order valence-electron chi connectivity index (χ2n) is 5.09. The van der Waals surface area contributed by atoms with Gasteiger partial charge < -0.3 is 15.2 Å². The Morgan fingerprint density at radius 2 is 2.38 bits per heavy atom. The molecule has 2 unspecified atom stereocenters. The highest BCUT2D eigenvalue weighted by Gasteiger charge is 2.34. The number of hydrogen-bond donors (Lipinski definition) is 2. The number of benzene rings is 1. The van der Waals surface area contributed by atoms with Gasteiger partial charge in [0.25, 0.3) is 0 Å². The SMILES string of the molecule is CCOC(=O)C1CNCCN1C(C)c1ccc(O)cc1F. The molecule has 0 spiro atoms. The number of nitrogens with zero attached hydrogens (tertiary/aromatic N) is 1. The summed E-state index contributed by atoms with van der Waals surface area (Å²) in [7, 11) is 0. The number of phenols is 1. The third kappa shape index (κ3) is 3.51. The molecule has 0 radical (unpaired) electrons. The molecule has 0 saturated carbocycles. The Bertz CT molecular complexity index is 510. The highest BCUT2D eigenvalue weighted by Crippen LogP contribution is 2.28. The smallest absolute Gasteiger partial charge is 0.324 e. The van der Waals surface area contributed by atoms with E-state index in [4.69, 9.17) is 4.74 Å². The van der Waals surface area contributed by atoms with Gasteiger partial charge in [0.1, 0.15) is 17.6 Å². The van der Waals surface area contributed by atoms with Gasteiger partial charge in [0, 0.05) is 37.3 Å². The number of nitrogens with one attached hydrogen (secondary N) is 1. The molecule has 6 heteroatoms. The molecule has 1 saturated heterocycles. The molecule has 1 aromatic carbocycles. The van der Waals surface area contributed by atoms with Gasteiger partial charge in [0.2, 0.25) is 0 Å². The third-order valence-corrected chi connectivity index (χ3v) is 3.78. The molecule has 1 aliphatic heterocycles. The molecule has 1 aliphatic rings. The first-order valence-electron chi connectivity index (χ1n) is 7.16. The molecule has 5 nitrogen and oxygen atoms in total. The number of aromatic hydroxyl groups is 1. The first-order chi connectivity index (χ1) is 10.0. The Labute approximate surface area is 123 Å². The summed E-state index contributed by atoms with van der Waals surface area (Å²) in [5.74, 6) is -0.870. The predicted molar refractivity (Wildman–Crippen MR) is 76.5 cm³/mol. The summed E-state index contributed by atoms with van der Waals surface area (Å²) < 4.78 is 19.1. The standard InChI is InChI=1S/C15H21FN2O3/c1-3-21-15(20)14-9-17-6-7-18(14)10(2)12-5-4-11(19)8-13(12)16/h4-5,8,10,14,17,19H,3,6-7,9H2,1-2H3. The normalized spacial score (nSPS) is 21.0. The van der Waals surface area contributed by atoms with Crippen molar-refractivity contribution in [2.24, 2.45) is 0 Å². The van der Waals surface area contributed by atoms with Crippen molar-refractivity contribution in [2.75, 3.05) is 26.2 Å². The fourth-order valence-electron chi connectivity index (χ4n) is 2.67. The van der Waals surface area contributed by atoms with Crippen LogP contribution in [0.5, 0.6) is 5.75 Å². The van der Waals surface area contributed by atoms with Crippen molar-refractivity contribution in [3.63, 3.8) is 0 Å². The fourth-order valence-corrected chi connectivity index (χ4v) is 2.67. The molecule has 1 fully saturated rings. The zero-order valence-corrected chi connectivity index (χ0v) is 12.3. The highest BCUT2D eigenvalue weighted by atomic mass is 19.1. The van der Waals surface area contributed by atoms with E-state index in [-0.39, 0.29) is 17.8 Å². The largest absolute Gasteiger partial charge is 0.508 e. The summed E-state index contributed by atoms with van der Waals surface area (Å²) in [6, 6.07) is 3.40. The average molecular weight is 296 g/mol. The van der Waals surface area contributed by atoms with Gasteiger partial charge in [-0.1, -0.05) is 6.07 Å². The lowest BCUT2D eigenvalue weighted by molar-refractivity contribution is -0.151. The van der Waals surface area contributed by atoms with Crippen LogP contribution in [0.3, 0.4) is 0 Å². The van der Waals surface area contributed by atoms with E-state index >= 15 is 0 Å². The number of ether oxygens (including phenoxy) is 1. The molecular weight excluding hydrogens is 275 g/mol. The molecule has 2 rings (SSSR count). The summed E-state index contributed by atoms with van der Waals surface area (Å²) in [6.45, 7) is 5.80. The van der Waals surface area contributed by atoms with Crippen LogP contribution in [0.2, 0.25) is 0 Å². The van der Waals surface area contributed by atoms with Crippen LogP contribution in [-0.4, -0.2) is 48.3 Å². The van der Waals surface area contributed by atoms with Crippen molar-refractivity contribution in [1.82, 2.24) is 10.2 Å². The number of carbonyl (C=O) groups is 1. The minimum atomic E-state index is -0.469. The maximum atomic E-state index is 14.0. The number of esters is 1. The Morgan fingerprint density at radius 1 is 1.62 bits per heavy atom. The van der Waals surface area contributed by atoms with Gasteiger partial charge in [-0.15, -0.1) is 0 Å². The number of hydrogen-bond acceptors (Lipinski definition) is 5. The molecule has 1 aromatic rings. The summed E-state index contributed by atoms with van der Waals surface area (Å²) in [6.07, 6.45) is 0. The maximum absolute atomic E-state index is 14.0. The second kappa shape index (κ2) is 6.87. The van der Waals surface area contributed by atoms with E-state index < -0.39 is 11.9 Å².